The van der Waals surface area contributed by atoms with Gasteiger partial charge in [0.25, 0.3) is 0 Å². The maximum absolute atomic E-state index is 11.1. The molecule has 102 valence electrons. The number of hydrogen-bond acceptors (Lipinski definition) is 4. The molecule has 0 radical (unpaired) electrons. The SMILES string of the molecule is NC(=O)c1cccc(Nc2cc(C(=O)O)ccc2N)c1. The van der Waals surface area contributed by atoms with Crippen molar-refractivity contribution in [2.45, 2.75) is 0 Å². The fraction of sp³-hybridized carbons (Fsp3) is 0. The third kappa shape index (κ3) is 2.86. The van der Waals surface area contributed by atoms with Crippen molar-refractivity contribution in [1.82, 2.24) is 0 Å². The molecule has 0 bridgehead atoms. The Labute approximate surface area is 115 Å². The van der Waals surface area contributed by atoms with Crippen molar-refractivity contribution in [3.63, 3.8) is 0 Å². The molecule has 6 nitrogen and oxygen atoms in total. The van der Waals surface area contributed by atoms with Crippen LogP contribution in [-0.2, 0) is 0 Å². The number of rotatable bonds is 4. The van der Waals surface area contributed by atoms with Crippen molar-refractivity contribution in [3.8, 4) is 0 Å². The van der Waals surface area contributed by atoms with Crippen molar-refractivity contribution in [2.24, 2.45) is 5.73 Å². The van der Waals surface area contributed by atoms with Gasteiger partial charge in [-0.2, -0.15) is 0 Å². The number of primary amides is 1. The van der Waals surface area contributed by atoms with Gasteiger partial charge in [0.15, 0.2) is 0 Å². The van der Waals surface area contributed by atoms with Crippen molar-refractivity contribution in [1.29, 1.82) is 0 Å². The molecule has 0 aliphatic rings. The van der Waals surface area contributed by atoms with Gasteiger partial charge in [-0.05, 0) is 36.4 Å². The lowest BCUT2D eigenvalue weighted by molar-refractivity contribution is 0.0696. The van der Waals surface area contributed by atoms with E-state index >= 15 is 0 Å². The van der Waals surface area contributed by atoms with E-state index in [1.165, 1.54) is 18.2 Å². The molecule has 6 heteroatoms. The molecule has 2 aromatic carbocycles. The number of anilines is 3. The fourth-order valence-corrected chi connectivity index (χ4v) is 1.70. The molecule has 0 saturated heterocycles. The van der Waals surface area contributed by atoms with E-state index in [1.807, 2.05) is 0 Å². The van der Waals surface area contributed by atoms with Crippen LogP contribution in [0.15, 0.2) is 42.5 Å². The zero-order valence-corrected chi connectivity index (χ0v) is 10.5. The Morgan fingerprint density at radius 2 is 1.80 bits per heavy atom. The summed E-state index contributed by atoms with van der Waals surface area (Å²) in [7, 11) is 0. The van der Waals surface area contributed by atoms with Gasteiger partial charge in [0.05, 0.1) is 16.9 Å². The lowest BCUT2D eigenvalue weighted by atomic mass is 10.1. The van der Waals surface area contributed by atoms with Gasteiger partial charge < -0.3 is 21.9 Å². The topological polar surface area (TPSA) is 118 Å². The number of carboxylic acid groups (broad SMARTS) is 1. The lowest BCUT2D eigenvalue weighted by Crippen LogP contribution is -2.11. The Morgan fingerprint density at radius 1 is 1.05 bits per heavy atom. The Balaban J connectivity index is 2.34. The van der Waals surface area contributed by atoms with E-state index in [9.17, 15) is 9.59 Å². The van der Waals surface area contributed by atoms with E-state index in [-0.39, 0.29) is 5.56 Å². The summed E-state index contributed by atoms with van der Waals surface area (Å²) in [6.07, 6.45) is 0. The summed E-state index contributed by atoms with van der Waals surface area (Å²) in [5.41, 5.74) is 12.9. The summed E-state index contributed by atoms with van der Waals surface area (Å²) in [4.78, 5) is 22.0. The van der Waals surface area contributed by atoms with Gasteiger partial charge in [0, 0.05) is 11.3 Å². The maximum Gasteiger partial charge on any atom is 0.335 e. The van der Waals surface area contributed by atoms with Crippen LogP contribution in [-0.4, -0.2) is 17.0 Å². The van der Waals surface area contributed by atoms with Crippen LogP contribution in [0.4, 0.5) is 17.1 Å². The molecule has 20 heavy (non-hydrogen) atoms. The number of nitrogens with two attached hydrogens (primary N) is 2. The number of aromatic carboxylic acids is 1. The molecule has 0 spiro atoms. The summed E-state index contributed by atoms with van der Waals surface area (Å²) in [5.74, 6) is -1.58. The molecule has 0 atom stereocenters. The summed E-state index contributed by atoms with van der Waals surface area (Å²) in [5, 5.41) is 11.9. The minimum atomic E-state index is -1.04. The molecule has 0 aromatic heterocycles. The average molecular weight is 271 g/mol. The molecule has 0 aliphatic carbocycles. The Hall–Kier alpha value is -3.02. The smallest absolute Gasteiger partial charge is 0.335 e. The predicted octanol–water partition coefficient (Wildman–Crippen LogP) is 1.81. The van der Waals surface area contributed by atoms with Gasteiger partial charge in [0.1, 0.15) is 0 Å². The molecule has 0 heterocycles. The monoisotopic (exact) mass is 271 g/mol. The van der Waals surface area contributed by atoms with Crippen LogP contribution < -0.4 is 16.8 Å². The van der Waals surface area contributed by atoms with Crippen LogP contribution in [0.5, 0.6) is 0 Å². The Morgan fingerprint density at radius 3 is 2.45 bits per heavy atom. The number of carbonyl (C=O) groups is 2. The van der Waals surface area contributed by atoms with Crippen LogP contribution in [0, 0.1) is 0 Å². The van der Waals surface area contributed by atoms with Crippen LogP contribution in [0.1, 0.15) is 20.7 Å². The van der Waals surface area contributed by atoms with Crippen molar-refractivity contribution >= 4 is 28.9 Å². The van der Waals surface area contributed by atoms with Crippen LogP contribution >= 0.6 is 0 Å². The molecular formula is C14H13N3O3. The van der Waals surface area contributed by atoms with E-state index in [0.29, 0.717) is 22.6 Å². The number of carboxylic acids is 1. The van der Waals surface area contributed by atoms with Crippen molar-refractivity contribution < 1.29 is 14.7 Å². The second kappa shape index (κ2) is 5.31. The van der Waals surface area contributed by atoms with E-state index in [0.717, 1.165) is 0 Å². The van der Waals surface area contributed by atoms with E-state index in [1.54, 1.807) is 24.3 Å². The number of carbonyl (C=O) groups excluding carboxylic acids is 1. The predicted molar refractivity (Wildman–Crippen MR) is 76.1 cm³/mol. The number of benzene rings is 2. The fourth-order valence-electron chi connectivity index (χ4n) is 1.70. The highest BCUT2D eigenvalue weighted by atomic mass is 16.4. The highest BCUT2D eigenvalue weighted by Gasteiger charge is 2.08. The van der Waals surface area contributed by atoms with Crippen molar-refractivity contribution in [3.05, 3.63) is 53.6 Å². The summed E-state index contributed by atoms with van der Waals surface area (Å²) < 4.78 is 0. The summed E-state index contributed by atoms with van der Waals surface area (Å²) in [6.45, 7) is 0. The zero-order valence-electron chi connectivity index (χ0n) is 10.5. The molecular weight excluding hydrogens is 258 g/mol. The molecule has 0 saturated carbocycles. The van der Waals surface area contributed by atoms with E-state index < -0.39 is 11.9 Å². The standard InChI is InChI=1S/C14H13N3O3/c15-11-5-4-9(14(19)20)7-12(11)17-10-3-1-2-8(6-10)13(16)18/h1-7,17H,15H2,(H2,16,18)(H,19,20). The first-order valence-electron chi connectivity index (χ1n) is 5.77. The van der Waals surface area contributed by atoms with E-state index in [4.69, 9.17) is 16.6 Å². The van der Waals surface area contributed by atoms with Crippen molar-refractivity contribution in [2.75, 3.05) is 11.1 Å². The third-order valence-electron chi connectivity index (χ3n) is 2.73. The molecule has 0 aliphatic heterocycles. The minimum absolute atomic E-state index is 0.118. The minimum Gasteiger partial charge on any atom is -0.478 e. The highest BCUT2D eigenvalue weighted by molar-refractivity contribution is 5.94. The molecule has 0 fully saturated rings. The summed E-state index contributed by atoms with van der Waals surface area (Å²) in [6, 6.07) is 10.9. The molecule has 6 N–H and O–H groups in total. The highest BCUT2D eigenvalue weighted by Crippen LogP contribution is 2.25. The molecule has 1 amide bonds. The van der Waals surface area contributed by atoms with Gasteiger partial charge in [-0.15, -0.1) is 0 Å². The van der Waals surface area contributed by atoms with E-state index in [2.05, 4.69) is 5.32 Å². The van der Waals surface area contributed by atoms with Gasteiger partial charge >= 0.3 is 5.97 Å². The van der Waals surface area contributed by atoms with Gasteiger partial charge in [-0.1, -0.05) is 6.07 Å². The number of nitrogen functional groups attached to an aromatic ring is 1. The molecule has 0 unspecified atom stereocenters. The zero-order chi connectivity index (χ0) is 14.7. The number of nitrogens with one attached hydrogen (secondary N) is 1. The van der Waals surface area contributed by atoms with Crippen LogP contribution in [0.25, 0.3) is 0 Å². The first kappa shape index (κ1) is 13.4. The second-order valence-electron chi connectivity index (χ2n) is 4.18. The third-order valence-corrected chi connectivity index (χ3v) is 2.73. The van der Waals surface area contributed by atoms with Crippen LogP contribution in [0.2, 0.25) is 0 Å². The van der Waals surface area contributed by atoms with Gasteiger partial charge in [-0.25, -0.2) is 4.79 Å². The number of hydrogen-bond donors (Lipinski definition) is 4. The second-order valence-corrected chi connectivity index (χ2v) is 4.18. The summed E-state index contributed by atoms with van der Waals surface area (Å²) >= 11 is 0. The quantitative estimate of drug-likeness (QED) is 0.632. The Kier molecular flexibility index (Phi) is 3.56. The van der Waals surface area contributed by atoms with Gasteiger partial charge in [0.2, 0.25) is 5.91 Å². The average Bonchev–Trinajstić information content (AvgIpc) is 2.41. The Bertz CT molecular complexity index is 683. The molecule has 2 aromatic rings. The van der Waals surface area contributed by atoms with Gasteiger partial charge in [-0.3, -0.25) is 4.79 Å². The maximum atomic E-state index is 11.1. The number of amides is 1. The molecule has 2 rings (SSSR count). The van der Waals surface area contributed by atoms with Crippen LogP contribution in [0.3, 0.4) is 0 Å². The first-order chi connectivity index (χ1) is 9.47. The largest absolute Gasteiger partial charge is 0.478 e. The first-order valence-corrected chi connectivity index (χ1v) is 5.77. The lowest BCUT2D eigenvalue weighted by Gasteiger charge is -2.11. The normalized spacial score (nSPS) is 10.0.